The van der Waals surface area contributed by atoms with Crippen molar-refractivity contribution >= 4 is 11.8 Å². The Morgan fingerprint density at radius 2 is 2.00 bits per heavy atom. The third kappa shape index (κ3) is 3.61. The highest BCUT2D eigenvalue weighted by Gasteiger charge is 2.29. The number of hydrogen-bond acceptors (Lipinski definition) is 4. The van der Waals surface area contributed by atoms with Crippen molar-refractivity contribution in [2.24, 2.45) is 5.92 Å². The molecule has 21 heavy (non-hydrogen) atoms. The number of carboxylic acids is 1. The van der Waals surface area contributed by atoms with Crippen molar-refractivity contribution in [3.05, 3.63) is 29.8 Å². The number of rotatable bonds is 5. The van der Waals surface area contributed by atoms with E-state index in [1.165, 1.54) is 0 Å². The van der Waals surface area contributed by atoms with Gasteiger partial charge in [-0.2, -0.15) is 0 Å². The second kappa shape index (κ2) is 6.72. The van der Waals surface area contributed by atoms with E-state index in [9.17, 15) is 9.59 Å². The lowest BCUT2D eigenvalue weighted by atomic mass is 9.94. The van der Waals surface area contributed by atoms with Gasteiger partial charge in [0, 0.05) is 5.56 Å². The van der Waals surface area contributed by atoms with Gasteiger partial charge in [-0.15, -0.1) is 0 Å². The zero-order chi connectivity index (χ0) is 15.4. The summed E-state index contributed by atoms with van der Waals surface area (Å²) in [4.78, 5) is 25.5. The van der Waals surface area contributed by atoms with E-state index in [-0.39, 0.29) is 17.7 Å². The van der Waals surface area contributed by atoms with Gasteiger partial charge in [-0.05, 0) is 45.0 Å². The molecule has 5 nitrogen and oxygen atoms in total. The number of hydrogen-bond donors (Lipinski definition) is 1. The second-order valence-electron chi connectivity index (χ2n) is 5.42. The van der Waals surface area contributed by atoms with Gasteiger partial charge in [-0.3, -0.25) is 14.5 Å². The van der Waals surface area contributed by atoms with E-state index in [2.05, 4.69) is 4.90 Å². The molecule has 0 spiro atoms. The largest absolute Gasteiger partial charge is 0.497 e. The summed E-state index contributed by atoms with van der Waals surface area (Å²) in [7, 11) is 1.57. The van der Waals surface area contributed by atoms with Crippen LogP contribution in [0, 0.1) is 5.92 Å². The summed E-state index contributed by atoms with van der Waals surface area (Å²) in [5, 5.41) is 9.01. The highest BCUT2D eigenvalue weighted by atomic mass is 16.5. The Morgan fingerprint density at radius 3 is 2.57 bits per heavy atom. The maximum atomic E-state index is 12.5. The number of likely N-dealkylation sites (tertiary alicyclic amines) is 1. The zero-order valence-corrected chi connectivity index (χ0v) is 12.4. The van der Waals surface area contributed by atoms with E-state index in [1.54, 1.807) is 31.4 Å². The van der Waals surface area contributed by atoms with Crippen LogP contribution in [-0.2, 0) is 4.79 Å². The van der Waals surface area contributed by atoms with Crippen molar-refractivity contribution < 1.29 is 19.4 Å². The minimum Gasteiger partial charge on any atom is -0.497 e. The molecule has 5 heteroatoms. The highest BCUT2D eigenvalue weighted by Crippen LogP contribution is 2.21. The number of benzene rings is 1. The molecular weight excluding hydrogens is 270 g/mol. The molecule has 1 heterocycles. The standard InChI is InChI=1S/C16H21NO4/c1-11(17-8-6-12(7-9-17)16(19)20)15(18)13-4-3-5-14(10-13)21-2/h3-5,10-12H,6-9H2,1-2H3,(H,19,20). The molecule has 1 aromatic carbocycles. The quantitative estimate of drug-likeness (QED) is 0.841. The predicted octanol–water partition coefficient (Wildman–Crippen LogP) is 2.06. The van der Waals surface area contributed by atoms with E-state index in [0.29, 0.717) is 37.2 Å². The summed E-state index contributed by atoms with van der Waals surface area (Å²) in [5.41, 5.74) is 0.627. The molecule has 1 aliphatic rings. The average Bonchev–Trinajstić information content (AvgIpc) is 2.53. The third-order valence-corrected chi connectivity index (χ3v) is 4.16. The highest BCUT2D eigenvalue weighted by molar-refractivity contribution is 6.00. The van der Waals surface area contributed by atoms with Crippen molar-refractivity contribution in [2.45, 2.75) is 25.8 Å². The number of aliphatic carboxylic acids is 1. The number of ketones is 1. The van der Waals surface area contributed by atoms with Crippen LogP contribution in [0.15, 0.2) is 24.3 Å². The molecule has 1 fully saturated rings. The number of ether oxygens (including phenoxy) is 1. The van der Waals surface area contributed by atoms with Crippen LogP contribution in [0.4, 0.5) is 0 Å². The number of methoxy groups -OCH3 is 1. The van der Waals surface area contributed by atoms with Crippen LogP contribution in [0.2, 0.25) is 0 Å². The maximum Gasteiger partial charge on any atom is 0.306 e. The Kier molecular flexibility index (Phi) is 4.96. The van der Waals surface area contributed by atoms with Crippen LogP contribution in [0.5, 0.6) is 5.75 Å². The normalized spacial score (nSPS) is 18.2. The van der Waals surface area contributed by atoms with Crippen molar-refractivity contribution in [1.82, 2.24) is 4.90 Å². The number of Topliss-reactive ketones (excluding diaryl/α,β-unsaturated/α-hetero) is 1. The van der Waals surface area contributed by atoms with Gasteiger partial charge in [0.15, 0.2) is 5.78 Å². The molecule has 1 aromatic rings. The smallest absolute Gasteiger partial charge is 0.306 e. The summed E-state index contributed by atoms with van der Waals surface area (Å²) in [6.45, 7) is 3.17. The topological polar surface area (TPSA) is 66.8 Å². The molecule has 0 saturated carbocycles. The molecule has 0 amide bonds. The first-order valence-electron chi connectivity index (χ1n) is 7.18. The Morgan fingerprint density at radius 1 is 1.33 bits per heavy atom. The number of nitrogens with zero attached hydrogens (tertiary/aromatic N) is 1. The SMILES string of the molecule is COc1cccc(C(=O)C(C)N2CCC(C(=O)O)CC2)c1. The minimum atomic E-state index is -0.735. The summed E-state index contributed by atoms with van der Waals surface area (Å²) < 4.78 is 5.14. The van der Waals surface area contributed by atoms with Gasteiger partial charge in [-0.25, -0.2) is 0 Å². The van der Waals surface area contributed by atoms with Crippen LogP contribution in [-0.4, -0.2) is 48.0 Å². The van der Waals surface area contributed by atoms with Crippen LogP contribution < -0.4 is 4.74 Å². The molecular formula is C16H21NO4. The number of carbonyl (C=O) groups excluding carboxylic acids is 1. The molecule has 0 aliphatic carbocycles. The van der Waals surface area contributed by atoms with Crippen molar-refractivity contribution in [3.63, 3.8) is 0 Å². The van der Waals surface area contributed by atoms with E-state index < -0.39 is 5.97 Å². The van der Waals surface area contributed by atoms with E-state index in [0.717, 1.165) is 0 Å². The molecule has 0 bridgehead atoms. The Bertz CT molecular complexity index is 521. The molecule has 114 valence electrons. The molecule has 0 radical (unpaired) electrons. The van der Waals surface area contributed by atoms with E-state index in [4.69, 9.17) is 9.84 Å². The van der Waals surface area contributed by atoms with Crippen LogP contribution in [0.1, 0.15) is 30.1 Å². The van der Waals surface area contributed by atoms with Gasteiger partial charge < -0.3 is 9.84 Å². The Hall–Kier alpha value is -1.88. The molecule has 2 rings (SSSR count). The minimum absolute atomic E-state index is 0.0441. The fraction of sp³-hybridized carbons (Fsp3) is 0.500. The fourth-order valence-electron chi connectivity index (χ4n) is 2.72. The maximum absolute atomic E-state index is 12.5. The monoisotopic (exact) mass is 291 g/mol. The fourth-order valence-corrected chi connectivity index (χ4v) is 2.72. The molecule has 1 unspecified atom stereocenters. The summed E-state index contributed by atoms with van der Waals surface area (Å²) >= 11 is 0. The van der Waals surface area contributed by atoms with E-state index >= 15 is 0 Å². The number of piperidine rings is 1. The first-order valence-corrected chi connectivity index (χ1v) is 7.18. The summed E-state index contributed by atoms with van der Waals surface area (Å²) in [6, 6.07) is 6.88. The first-order chi connectivity index (χ1) is 10.0. The predicted molar refractivity (Wildman–Crippen MR) is 78.7 cm³/mol. The Balaban J connectivity index is 2.01. The lowest BCUT2D eigenvalue weighted by Crippen LogP contribution is -2.45. The summed E-state index contributed by atoms with van der Waals surface area (Å²) in [5.74, 6) is -0.304. The molecule has 1 N–H and O–H groups in total. The van der Waals surface area contributed by atoms with Gasteiger partial charge in [-0.1, -0.05) is 12.1 Å². The number of carboxylic acid groups (broad SMARTS) is 1. The molecule has 0 aromatic heterocycles. The lowest BCUT2D eigenvalue weighted by molar-refractivity contribution is -0.143. The van der Waals surface area contributed by atoms with Crippen LogP contribution >= 0.6 is 0 Å². The van der Waals surface area contributed by atoms with Gasteiger partial charge in [0.2, 0.25) is 0 Å². The number of carbonyl (C=O) groups is 2. The lowest BCUT2D eigenvalue weighted by Gasteiger charge is -2.33. The van der Waals surface area contributed by atoms with Crippen molar-refractivity contribution in [1.29, 1.82) is 0 Å². The molecule has 1 saturated heterocycles. The molecule has 1 atom stereocenters. The van der Waals surface area contributed by atoms with Crippen molar-refractivity contribution in [3.8, 4) is 5.75 Å². The van der Waals surface area contributed by atoms with Gasteiger partial charge in [0.25, 0.3) is 0 Å². The van der Waals surface area contributed by atoms with Gasteiger partial charge >= 0.3 is 5.97 Å². The Labute approximate surface area is 124 Å². The zero-order valence-electron chi connectivity index (χ0n) is 12.4. The van der Waals surface area contributed by atoms with Gasteiger partial charge in [0.05, 0.1) is 19.1 Å². The summed E-state index contributed by atoms with van der Waals surface area (Å²) in [6.07, 6.45) is 1.20. The van der Waals surface area contributed by atoms with Crippen LogP contribution in [0.3, 0.4) is 0 Å². The first kappa shape index (κ1) is 15.5. The van der Waals surface area contributed by atoms with Crippen molar-refractivity contribution in [2.75, 3.05) is 20.2 Å². The molecule has 1 aliphatic heterocycles. The second-order valence-corrected chi connectivity index (χ2v) is 5.42. The van der Waals surface area contributed by atoms with Gasteiger partial charge in [0.1, 0.15) is 5.75 Å². The average molecular weight is 291 g/mol. The third-order valence-electron chi connectivity index (χ3n) is 4.16. The van der Waals surface area contributed by atoms with E-state index in [1.807, 2.05) is 6.92 Å². The van der Waals surface area contributed by atoms with Crippen LogP contribution in [0.25, 0.3) is 0 Å².